The van der Waals surface area contributed by atoms with Crippen LogP contribution in [-0.2, 0) is 21.0 Å². The Bertz CT molecular complexity index is 758. The van der Waals surface area contributed by atoms with E-state index in [1.54, 1.807) is 4.90 Å². The highest BCUT2D eigenvalue weighted by Crippen LogP contribution is 2.29. The van der Waals surface area contributed by atoms with E-state index >= 15 is 0 Å². The zero-order valence-electron chi connectivity index (χ0n) is 14.3. The van der Waals surface area contributed by atoms with Gasteiger partial charge in [0.05, 0.1) is 11.8 Å². The number of hydrogen-bond acceptors (Lipinski definition) is 3. The second-order valence-electron chi connectivity index (χ2n) is 6.25. The molecule has 5 nitrogen and oxygen atoms in total. The number of nitrogens with zero attached hydrogens (tertiary/aromatic N) is 1. The minimum atomic E-state index is -4.40. The van der Waals surface area contributed by atoms with Crippen molar-refractivity contribution in [3.05, 3.63) is 41.5 Å². The van der Waals surface area contributed by atoms with Crippen LogP contribution in [0, 0.1) is 0 Å². The van der Waals surface area contributed by atoms with Crippen LogP contribution in [0.5, 0.6) is 0 Å². The average Bonchev–Trinajstić information content (AvgIpc) is 2.57. The molecule has 1 aliphatic heterocycles. The molecule has 1 heterocycles. The number of carbonyl (C=O) groups excluding carboxylic acids is 1. The third-order valence-electron chi connectivity index (χ3n) is 4.15. The number of alkyl halides is 3. The molecule has 0 spiro atoms. The largest absolute Gasteiger partial charge is 0.416 e. The summed E-state index contributed by atoms with van der Waals surface area (Å²) in [6.45, 7) is 0.672. The Labute approximate surface area is 150 Å². The van der Waals surface area contributed by atoms with Crippen LogP contribution in [-0.4, -0.2) is 44.6 Å². The van der Waals surface area contributed by atoms with Gasteiger partial charge < -0.3 is 4.90 Å². The first-order valence-corrected chi connectivity index (χ1v) is 10.1. The molecule has 26 heavy (non-hydrogen) atoms. The molecule has 0 bridgehead atoms. The molecule has 1 atom stereocenters. The minimum Gasteiger partial charge on any atom is -0.335 e. The Morgan fingerprint density at radius 2 is 1.92 bits per heavy atom. The number of nitrogens with one attached hydrogen (secondary N) is 1. The zero-order valence-corrected chi connectivity index (χ0v) is 15.1. The third kappa shape index (κ3) is 6.14. The molecule has 1 aliphatic rings. The second kappa shape index (κ2) is 8.22. The van der Waals surface area contributed by atoms with Crippen molar-refractivity contribution in [1.29, 1.82) is 0 Å². The van der Waals surface area contributed by atoms with Crippen molar-refractivity contribution in [2.75, 3.05) is 19.3 Å². The topological polar surface area (TPSA) is 66.5 Å². The first kappa shape index (κ1) is 20.4. The van der Waals surface area contributed by atoms with E-state index in [0.717, 1.165) is 31.2 Å². The van der Waals surface area contributed by atoms with Crippen LogP contribution < -0.4 is 4.72 Å². The molecule has 0 aromatic heterocycles. The molecule has 0 saturated carbocycles. The van der Waals surface area contributed by atoms with Gasteiger partial charge in [-0.2, -0.15) is 13.2 Å². The van der Waals surface area contributed by atoms with Gasteiger partial charge in [0.1, 0.15) is 0 Å². The van der Waals surface area contributed by atoms with Gasteiger partial charge in [0.15, 0.2) is 0 Å². The van der Waals surface area contributed by atoms with Crippen molar-refractivity contribution < 1.29 is 26.4 Å². The number of sulfonamides is 1. The van der Waals surface area contributed by atoms with E-state index in [-0.39, 0.29) is 18.5 Å². The van der Waals surface area contributed by atoms with Gasteiger partial charge in [-0.1, -0.05) is 12.1 Å². The van der Waals surface area contributed by atoms with E-state index in [4.69, 9.17) is 0 Å². The Kier molecular flexibility index (Phi) is 6.46. The molecule has 1 aromatic rings. The van der Waals surface area contributed by atoms with Crippen molar-refractivity contribution in [2.45, 2.75) is 31.5 Å². The summed E-state index contributed by atoms with van der Waals surface area (Å²) < 4.78 is 62.6. The lowest BCUT2D eigenvalue weighted by Gasteiger charge is -2.35. The number of piperidine rings is 1. The predicted octanol–water partition coefficient (Wildman–Crippen LogP) is 2.65. The van der Waals surface area contributed by atoms with E-state index in [0.29, 0.717) is 18.5 Å². The molecule has 0 radical (unpaired) electrons. The maximum atomic E-state index is 12.5. The van der Waals surface area contributed by atoms with Gasteiger partial charge in [-0.25, -0.2) is 13.1 Å². The number of carbonyl (C=O) groups is 1. The van der Waals surface area contributed by atoms with E-state index in [2.05, 4.69) is 4.72 Å². The van der Waals surface area contributed by atoms with E-state index in [9.17, 15) is 26.4 Å². The molecule has 0 aliphatic carbocycles. The third-order valence-corrected chi connectivity index (χ3v) is 4.84. The van der Waals surface area contributed by atoms with Gasteiger partial charge in [0.25, 0.3) is 0 Å². The molecule has 144 valence electrons. The molecule has 1 fully saturated rings. The van der Waals surface area contributed by atoms with Crippen LogP contribution in [0.2, 0.25) is 0 Å². The SMILES string of the molecule is CS(=O)(=O)NC[C@@H]1CCCCN1C(=O)/C=C/c1ccc(C(F)(F)F)cc1. The second-order valence-corrected chi connectivity index (χ2v) is 8.09. The van der Waals surface area contributed by atoms with Crippen molar-refractivity contribution in [2.24, 2.45) is 0 Å². The quantitative estimate of drug-likeness (QED) is 0.786. The number of likely N-dealkylation sites (tertiary alicyclic amines) is 1. The fourth-order valence-corrected chi connectivity index (χ4v) is 3.29. The maximum absolute atomic E-state index is 12.5. The first-order chi connectivity index (χ1) is 12.1. The summed E-state index contributed by atoms with van der Waals surface area (Å²) in [5.74, 6) is -0.287. The van der Waals surface area contributed by atoms with E-state index in [1.807, 2.05) is 0 Å². The smallest absolute Gasteiger partial charge is 0.335 e. The lowest BCUT2D eigenvalue weighted by Crippen LogP contribution is -2.48. The van der Waals surface area contributed by atoms with Crippen LogP contribution >= 0.6 is 0 Å². The zero-order chi connectivity index (χ0) is 19.4. The van der Waals surface area contributed by atoms with Gasteiger partial charge >= 0.3 is 6.18 Å². The predicted molar refractivity (Wildman–Crippen MR) is 92.7 cm³/mol. The Hall–Kier alpha value is -1.87. The summed E-state index contributed by atoms with van der Waals surface area (Å²) in [5.41, 5.74) is -0.266. The van der Waals surface area contributed by atoms with Gasteiger partial charge in [0, 0.05) is 25.2 Å². The summed E-state index contributed by atoms with van der Waals surface area (Å²) in [5, 5.41) is 0. The summed E-state index contributed by atoms with van der Waals surface area (Å²) in [7, 11) is -3.34. The van der Waals surface area contributed by atoms with E-state index < -0.39 is 21.8 Å². The van der Waals surface area contributed by atoms with Crippen LogP contribution in [0.4, 0.5) is 13.2 Å². The number of amides is 1. The fraction of sp³-hybridized carbons (Fsp3) is 0.471. The van der Waals surface area contributed by atoms with Gasteiger partial charge in [-0.15, -0.1) is 0 Å². The van der Waals surface area contributed by atoms with Crippen LogP contribution in [0.25, 0.3) is 6.08 Å². The summed E-state index contributed by atoms with van der Waals surface area (Å²) in [6, 6.07) is 4.29. The van der Waals surface area contributed by atoms with Crippen molar-refractivity contribution >= 4 is 22.0 Å². The fourth-order valence-electron chi connectivity index (χ4n) is 2.80. The van der Waals surface area contributed by atoms with Crippen molar-refractivity contribution in [3.63, 3.8) is 0 Å². The Morgan fingerprint density at radius 1 is 1.27 bits per heavy atom. The molecule has 0 unspecified atom stereocenters. The number of benzene rings is 1. The molecule has 1 aromatic carbocycles. The lowest BCUT2D eigenvalue weighted by molar-refractivity contribution is -0.137. The molecule has 1 N–H and O–H groups in total. The average molecular weight is 390 g/mol. The molecular weight excluding hydrogens is 369 g/mol. The van der Waals surface area contributed by atoms with Crippen molar-refractivity contribution in [1.82, 2.24) is 9.62 Å². The number of rotatable bonds is 5. The minimum absolute atomic E-state index is 0.151. The Balaban J connectivity index is 2.03. The van der Waals surface area contributed by atoms with Gasteiger partial charge in [-0.05, 0) is 43.0 Å². The molecule has 2 rings (SSSR count). The van der Waals surface area contributed by atoms with Gasteiger partial charge in [-0.3, -0.25) is 4.79 Å². The monoisotopic (exact) mass is 390 g/mol. The summed E-state index contributed by atoms with van der Waals surface area (Å²) >= 11 is 0. The molecule has 1 saturated heterocycles. The lowest BCUT2D eigenvalue weighted by atomic mass is 10.0. The molecule has 1 amide bonds. The first-order valence-electron chi connectivity index (χ1n) is 8.17. The summed E-state index contributed by atoms with van der Waals surface area (Å²) in [6.07, 6.45) is 1.86. The highest BCUT2D eigenvalue weighted by atomic mass is 32.2. The molecule has 9 heteroatoms. The number of halogens is 3. The highest BCUT2D eigenvalue weighted by molar-refractivity contribution is 7.88. The number of hydrogen-bond donors (Lipinski definition) is 1. The van der Waals surface area contributed by atoms with Gasteiger partial charge in [0.2, 0.25) is 15.9 Å². The van der Waals surface area contributed by atoms with Crippen LogP contribution in [0.1, 0.15) is 30.4 Å². The highest BCUT2D eigenvalue weighted by Gasteiger charge is 2.30. The van der Waals surface area contributed by atoms with Crippen LogP contribution in [0.3, 0.4) is 0 Å². The summed E-state index contributed by atoms with van der Waals surface area (Å²) in [4.78, 5) is 14.0. The van der Waals surface area contributed by atoms with Crippen molar-refractivity contribution in [3.8, 4) is 0 Å². The standard InChI is InChI=1S/C17H21F3N2O3S/c1-26(24,25)21-12-15-4-2-3-11-22(15)16(23)10-7-13-5-8-14(9-6-13)17(18,19)20/h5-10,15,21H,2-4,11-12H2,1H3/b10-7+/t15-/m0/s1. The normalized spacial score (nSPS) is 19.1. The van der Waals surface area contributed by atoms with Crippen LogP contribution in [0.15, 0.2) is 30.3 Å². The molecular formula is C17H21F3N2O3S. The Morgan fingerprint density at radius 3 is 2.50 bits per heavy atom. The maximum Gasteiger partial charge on any atom is 0.416 e. The van der Waals surface area contributed by atoms with E-state index in [1.165, 1.54) is 24.3 Å².